The molecule has 0 aliphatic carbocycles. The van der Waals surface area contributed by atoms with Crippen molar-refractivity contribution < 1.29 is 10.0 Å². The zero-order chi connectivity index (χ0) is 15.4. The topological polar surface area (TPSA) is 75.4 Å². The second-order valence-corrected chi connectivity index (χ2v) is 5.19. The van der Waals surface area contributed by atoms with Crippen molar-refractivity contribution in [2.24, 2.45) is 0 Å². The summed E-state index contributed by atoms with van der Waals surface area (Å²) in [5.74, 6) is 0.230. The lowest BCUT2D eigenvalue weighted by molar-refractivity contribution is -0.384. The maximum atomic E-state index is 11.0. The number of nitrogens with one attached hydrogen (secondary N) is 1. The Morgan fingerprint density at radius 1 is 1.24 bits per heavy atom. The highest BCUT2D eigenvalue weighted by Crippen LogP contribution is 2.26. The molecule has 5 nitrogen and oxygen atoms in total. The quantitative estimate of drug-likeness (QED) is 0.649. The first kappa shape index (κ1) is 14.8. The molecule has 1 unspecified atom stereocenters. The highest BCUT2D eigenvalue weighted by Gasteiger charge is 2.15. The minimum Gasteiger partial charge on any atom is -0.508 e. The van der Waals surface area contributed by atoms with Crippen LogP contribution < -0.4 is 5.32 Å². The van der Waals surface area contributed by atoms with Crippen LogP contribution in [0.4, 0.5) is 11.4 Å². The van der Waals surface area contributed by atoms with Gasteiger partial charge >= 0.3 is 0 Å². The van der Waals surface area contributed by atoms with Crippen LogP contribution >= 0.6 is 0 Å². The number of rotatable bonds is 5. The molecule has 0 aromatic heterocycles. The number of nitrogens with zero attached hydrogens (tertiary/aromatic N) is 1. The molecule has 0 heterocycles. The van der Waals surface area contributed by atoms with E-state index in [-0.39, 0.29) is 22.4 Å². The van der Waals surface area contributed by atoms with E-state index in [0.29, 0.717) is 12.1 Å². The molecule has 110 valence electrons. The van der Waals surface area contributed by atoms with Gasteiger partial charge in [-0.3, -0.25) is 10.1 Å². The lowest BCUT2D eigenvalue weighted by Crippen LogP contribution is -2.18. The molecule has 0 saturated heterocycles. The normalized spacial score (nSPS) is 11.9. The molecule has 0 fully saturated rings. The highest BCUT2D eigenvalue weighted by atomic mass is 16.6. The average molecular weight is 286 g/mol. The zero-order valence-electron chi connectivity index (χ0n) is 12.0. The third-order valence-electron chi connectivity index (χ3n) is 3.23. The molecule has 0 saturated carbocycles. The highest BCUT2D eigenvalue weighted by molar-refractivity contribution is 5.63. The number of phenolic OH excluding ortho intramolecular Hbond substituents is 1. The van der Waals surface area contributed by atoms with E-state index in [9.17, 15) is 15.2 Å². The summed E-state index contributed by atoms with van der Waals surface area (Å²) in [5, 5.41) is 23.5. The van der Waals surface area contributed by atoms with Gasteiger partial charge < -0.3 is 10.4 Å². The summed E-state index contributed by atoms with van der Waals surface area (Å²) >= 11 is 0. The number of nitro benzene ring substituents is 1. The number of nitro groups is 1. The van der Waals surface area contributed by atoms with Crippen LogP contribution in [0.5, 0.6) is 5.75 Å². The summed E-state index contributed by atoms with van der Waals surface area (Å²) in [6, 6.07) is 12.0. The predicted molar refractivity (Wildman–Crippen MR) is 82.7 cm³/mol. The van der Waals surface area contributed by atoms with Gasteiger partial charge in [-0.2, -0.15) is 0 Å². The number of hydrogen-bond donors (Lipinski definition) is 2. The van der Waals surface area contributed by atoms with Crippen LogP contribution in [-0.4, -0.2) is 16.1 Å². The molecule has 0 aliphatic rings. The van der Waals surface area contributed by atoms with Crippen molar-refractivity contribution in [1.82, 2.24) is 0 Å². The van der Waals surface area contributed by atoms with Gasteiger partial charge in [-0.15, -0.1) is 0 Å². The van der Waals surface area contributed by atoms with Crippen LogP contribution in [0.2, 0.25) is 0 Å². The second kappa shape index (κ2) is 6.26. The van der Waals surface area contributed by atoms with E-state index in [4.69, 9.17) is 0 Å². The van der Waals surface area contributed by atoms with E-state index < -0.39 is 0 Å². The van der Waals surface area contributed by atoms with Crippen molar-refractivity contribution in [1.29, 1.82) is 0 Å². The summed E-state index contributed by atoms with van der Waals surface area (Å²) < 4.78 is 0. The lowest BCUT2D eigenvalue weighted by atomic mass is 10.1. The Morgan fingerprint density at radius 2 is 1.90 bits per heavy atom. The first-order valence-corrected chi connectivity index (χ1v) is 6.75. The standard InChI is InChI=1S/C16H18N2O3/c1-11-3-8-16(18(20)21)15(9-11)17-12(2)10-13-4-6-14(19)7-5-13/h3-9,12,17,19H,10H2,1-2H3. The maximum absolute atomic E-state index is 11.0. The van der Waals surface area contributed by atoms with Gasteiger partial charge in [0.25, 0.3) is 5.69 Å². The number of aryl methyl sites for hydroxylation is 1. The van der Waals surface area contributed by atoms with Crippen molar-refractivity contribution >= 4 is 11.4 Å². The SMILES string of the molecule is Cc1ccc([N+](=O)[O-])c(NC(C)Cc2ccc(O)cc2)c1. The molecule has 2 aromatic carbocycles. The Balaban J connectivity index is 2.12. The van der Waals surface area contributed by atoms with Crippen molar-refractivity contribution in [3.05, 3.63) is 63.7 Å². The third-order valence-corrected chi connectivity index (χ3v) is 3.23. The number of anilines is 1. The van der Waals surface area contributed by atoms with Crippen LogP contribution in [0.25, 0.3) is 0 Å². The fraction of sp³-hybridized carbons (Fsp3) is 0.250. The van der Waals surface area contributed by atoms with Crippen LogP contribution in [0.1, 0.15) is 18.1 Å². The van der Waals surface area contributed by atoms with Gasteiger partial charge in [0.15, 0.2) is 0 Å². The van der Waals surface area contributed by atoms with Crippen LogP contribution in [0, 0.1) is 17.0 Å². The smallest absolute Gasteiger partial charge is 0.292 e. The number of aromatic hydroxyl groups is 1. The Bertz CT molecular complexity index is 638. The fourth-order valence-corrected chi connectivity index (χ4v) is 2.23. The minimum absolute atomic E-state index is 0.0371. The third kappa shape index (κ3) is 3.95. The van der Waals surface area contributed by atoms with Crippen LogP contribution in [0.3, 0.4) is 0 Å². The van der Waals surface area contributed by atoms with Gasteiger partial charge in [-0.05, 0) is 49.6 Å². The molecule has 0 amide bonds. The van der Waals surface area contributed by atoms with Crippen molar-refractivity contribution in [2.45, 2.75) is 26.3 Å². The molecule has 0 radical (unpaired) electrons. The molecule has 21 heavy (non-hydrogen) atoms. The molecule has 2 N–H and O–H groups in total. The molecule has 0 spiro atoms. The van der Waals surface area contributed by atoms with Crippen LogP contribution in [-0.2, 0) is 6.42 Å². The van der Waals surface area contributed by atoms with Crippen molar-refractivity contribution in [2.75, 3.05) is 5.32 Å². The molecule has 5 heteroatoms. The fourth-order valence-electron chi connectivity index (χ4n) is 2.23. The van der Waals surface area contributed by atoms with E-state index in [1.807, 2.05) is 26.0 Å². The first-order chi connectivity index (χ1) is 9.95. The number of hydrogen-bond acceptors (Lipinski definition) is 4. The molecule has 1 atom stereocenters. The van der Waals surface area contributed by atoms with Gasteiger partial charge in [0.05, 0.1) is 4.92 Å². The second-order valence-electron chi connectivity index (χ2n) is 5.19. The van der Waals surface area contributed by atoms with Gasteiger partial charge in [-0.25, -0.2) is 0 Å². The Morgan fingerprint density at radius 3 is 2.52 bits per heavy atom. The van der Waals surface area contributed by atoms with Crippen LogP contribution in [0.15, 0.2) is 42.5 Å². The van der Waals surface area contributed by atoms with E-state index in [1.165, 1.54) is 6.07 Å². The summed E-state index contributed by atoms with van der Waals surface area (Å²) in [5.41, 5.74) is 2.65. The molecule has 0 aliphatic heterocycles. The molecule has 2 rings (SSSR count). The zero-order valence-corrected chi connectivity index (χ0v) is 12.0. The van der Waals surface area contributed by atoms with E-state index in [1.54, 1.807) is 24.3 Å². The van der Waals surface area contributed by atoms with E-state index >= 15 is 0 Å². The maximum Gasteiger partial charge on any atom is 0.292 e. The summed E-state index contributed by atoms with van der Waals surface area (Å²) in [6.45, 7) is 3.87. The Kier molecular flexibility index (Phi) is 4.42. The molecule has 0 bridgehead atoms. The van der Waals surface area contributed by atoms with Crippen molar-refractivity contribution in [3.8, 4) is 5.75 Å². The molecule has 2 aromatic rings. The molecular formula is C16H18N2O3. The Hall–Kier alpha value is -2.56. The minimum atomic E-state index is -0.380. The summed E-state index contributed by atoms with van der Waals surface area (Å²) in [6.07, 6.45) is 0.714. The first-order valence-electron chi connectivity index (χ1n) is 6.75. The average Bonchev–Trinajstić information content (AvgIpc) is 2.41. The largest absolute Gasteiger partial charge is 0.508 e. The van der Waals surface area contributed by atoms with E-state index in [2.05, 4.69) is 5.32 Å². The van der Waals surface area contributed by atoms with Gasteiger partial charge in [0, 0.05) is 12.1 Å². The summed E-state index contributed by atoms with van der Waals surface area (Å²) in [4.78, 5) is 10.7. The van der Waals surface area contributed by atoms with Gasteiger partial charge in [0.2, 0.25) is 0 Å². The summed E-state index contributed by atoms with van der Waals surface area (Å²) in [7, 11) is 0. The molecular weight excluding hydrogens is 268 g/mol. The lowest BCUT2D eigenvalue weighted by Gasteiger charge is -2.16. The van der Waals surface area contributed by atoms with Gasteiger partial charge in [-0.1, -0.05) is 18.2 Å². The monoisotopic (exact) mass is 286 g/mol. The number of benzene rings is 2. The van der Waals surface area contributed by atoms with E-state index in [0.717, 1.165) is 11.1 Å². The van der Waals surface area contributed by atoms with Gasteiger partial charge in [0.1, 0.15) is 11.4 Å². The number of phenols is 1. The predicted octanol–water partition coefficient (Wildman–Crippen LogP) is 3.65. The Labute approximate surface area is 123 Å². The van der Waals surface area contributed by atoms with Crippen molar-refractivity contribution in [3.63, 3.8) is 0 Å².